The molecule has 0 N–H and O–H groups in total. The van der Waals surface area contributed by atoms with Crippen molar-refractivity contribution in [1.82, 2.24) is 24.1 Å². The molecule has 0 amide bonds. The van der Waals surface area contributed by atoms with E-state index in [1.807, 2.05) is 0 Å². The van der Waals surface area contributed by atoms with Crippen LogP contribution in [0.25, 0.3) is 78.0 Å². The second kappa shape index (κ2) is 15.1. The highest BCUT2D eigenvalue weighted by atomic mass is 28.3. The first-order valence-corrected chi connectivity index (χ1v) is 21.1. The van der Waals surface area contributed by atoms with Gasteiger partial charge in [0.05, 0.1) is 66.1 Å². The molecule has 0 atom stereocenters. The normalized spacial score (nSPS) is 18.0. The fourth-order valence-electron chi connectivity index (χ4n) is 7.98. The largest absolute Gasteiger partial charge is 0.309 e. The molecule has 12 rings (SSSR count). The molecule has 3 aromatic heterocycles. The molecule has 296 valence electrons. The van der Waals surface area contributed by atoms with Crippen LogP contribution in [0.3, 0.4) is 0 Å². The lowest BCUT2D eigenvalue weighted by Gasteiger charge is -2.34. The Morgan fingerprint density at radius 2 is 0.873 bits per heavy atom. The van der Waals surface area contributed by atoms with Gasteiger partial charge in [-0.3, -0.25) is 4.57 Å². The molecule has 5 nitrogen and oxygen atoms in total. The zero-order valence-electron chi connectivity index (χ0n) is 60.1. The van der Waals surface area contributed by atoms with Gasteiger partial charge in [-0.05, 0) is 57.0 Å². The molecule has 63 heavy (non-hydrogen) atoms. The van der Waals surface area contributed by atoms with E-state index in [-0.39, 0.29) is 21.3 Å². The molecule has 0 unspecified atom stereocenters. The molecule has 0 fully saturated rings. The standard InChI is InChI=1S/C57H39N5Si/c1-4-22-41(23-5-1)63(42-24-6-2-7-25-42,43-26-8-3-9-27-43)44-28-20-21-40(39-44)55-58-56(60-57(59-55)62-52-36-17-12-31-47(52)48-32-13-18-37-53(48)62)49-33-14-19-38-54(49)61-50-34-15-10-29-45(50)46-30-11-16-35-51(46)61/h1-39H/i1D,4D,5D,10D,11D,12D,13D,14D,15D,16D,17D,18D,19D,20D,21D,22D,23D,28D,29D,30D,31D,32D,33D,34D,36D,37D,38D,39D. The minimum Gasteiger partial charge on any atom is -0.309 e. The number of benzene rings is 9. The van der Waals surface area contributed by atoms with Gasteiger partial charge < -0.3 is 4.57 Å². The van der Waals surface area contributed by atoms with Crippen LogP contribution in [0.4, 0.5) is 0 Å². The summed E-state index contributed by atoms with van der Waals surface area (Å²) in [6.45, 7) is 0. The Morgan fingerprint density at radius 3 is 1.52 bits per heavy atom. The molecule has 9 aromatic carbocycles. The molecular weight excluding hydrogens is 783 g/mol. The van der Waals surface area contributed by atoms with E-state index in [1.165, 1.54) is 0 Å². The summed E-state index contributed by atoms with van der Waals surface area (Å²) < 4.78 is 260. The van der Waals surface area contributed by atoms with E-state index < -0.39 is 255 Å². The average molecular weight is 850 g/mol. The number of nitrogens with zero attached hydrogens (tertiary/aromatic N) is 5. The molecule has 0 saturated heterocycles. The Balaban J connectivity index is 1.35. The monoisotopic (exact) mass is 849 g/mol. The summed E-state index contributed by atoms with van der Waals surface area (Å²) in [5.41, 5.74) is -4.61. The number of hydrogen-bond donors (Lipinski definition) is 0. The summed E-state index contributed by atoms with van der Waals surface area (Å²) in [6.07, 6.45) is 0. The predicted molar refractivity (Wildman–Crippen MR) is 263 cm³/mol. The van der Waals surface area contributed by atoms with Gasteiger partial charge in [0.15, 0.2) is 19.7 Å². The topological polar surface area (TPSA) is 48.5 Å². The van der Waals surface area contributed by atoms with Gasteiger partial charge in [0.25, 0.3) is 0 Å². The van der Waals surface area contributed by atoms with Crippen LogP contribution in [0.1, 0.15) is 38.4 Å². The van der Waals surface area contributed by atoms with Gasteiger partial charge in [0.1, 0.15) is 0 Å². The molecule has 0 aliphatic carbocycles. The molecule has 0 radical (unpaired) electrons. The van der Waals surface area contributed by atoms with Crippen LogP contribution in [-0.4, -0.2) is 32.2 Å². The van der Waals surface area contributed by atoms with Crippen LogP contribution in [0, 0.1) is 0 Å². The van der Waals surface area contributed by atoms with Crippen molar-refractivity contribution in [2.75, 3.05) is 0 Å². The molecule has 0 spiro atoms. The number of rotatable bonds is 8. The lowest BCUT2D eigenvalue weighted by atomic mass is 10.1. The van der Waals surface area contributed by atoms with E-state index in [0.29, 0.717) is 0 Å². The van der Waals surface area contributed by atoms with Crippen molar-refractivity contribution in [3.8, 4) is 34.4 Å². The van der Waals surface area contributed by atoms with Gasteiger partial charge in [0.2, 0.25) is 5.95 Å². The second-order valence-electron chi connectivity index (χ2n) is 13.9. The molecule has 6 heteroatoms. The minimum absolute atomic E-state index is 0.189. The van der Waals surface area contributed by atoms with E-state index >= 15 is 0 Å². The maximum atomic E-state index is 10.6. The zero-order chi connectivity index (χ0) is 66.1. The van der Waals surface area contributed by atoms with Crippen LogP contribution in [0.5, 0.6) is 0 Å². The third-order valence-corrected chi connectivity index (χ3v) is 15.0. The molecule has 0 saturated carbocycles. The van der Waals surface area contributed by atoms with Crippen molar-refractivity contribution < 1.29 is 38.4 Å². The highest BCUT2D eigenvalue weighted by molar-refractivity contribution is 7.19. The number of para-hydroxylation sites is 5. The van der Waals surface area contributed by atoms with E-state index in [4.69, 9.17) is 34.1 Å². The van der Waals surface area contributed by atoms with E-state index in [0.717, 1.165) is 15.2 Å². The smallest absolute Gasteiger partial charge is 0.238 e. The summed E-state index contributed by atoms with van der Waals surface area (Å²) in [7, 11) is -4.94. The third-order valence-electron chi connectivity index (χ3n) is 10.6. The Kier molecular flexibility index (Phi) is 4.31. The summed E-state index contributed by atoms with van der Waals surface area (Å²) in [4.78, 5) is 14.2. The van der Waals surface area contributed by atoms with E-state index in [2.05, 4.69) is 0 Å². The molecule has 0 aliphatic heterocycles. The first kappa shape index (κ1) is 18.0. The Hall–Kier alpha value is -8.19. The predicted octanol–water partition coefficient (Wildman–Crippen LogP) is 10.8. The van der Waals surface area contributed by atoms with Crippen LogP contribution >= 0.6 is 0 Å². The maximum Gasteiger partial charge on any atom is 0.238 e. The van der Waals surface area contributed by atoms with Crippen molar-refractivity contribution in [2.45, 2.75) is 0 Å². The van der Waals surface area contributed by atoms with Crippen LogP contribution < -0.4 is 20.7 Å². The number of fused-ring (bicyclic) bond motifs is 6. The maximum absolute atomic E-state index is 10.6. The Labute approximate surface area is 405 Å². The summed E-state index contributed by atoms with van der Waals surface area (Å²) in [6, 6.07) is -7.46. The van der Waals surface area contributed by atoms with Gasteiger partial charge in [-0.2, -0.15) is 9.97 Å². The summed E-state index contributed by atoms with van der Waals surface area (Å²) in [5.74, 6) is -2.82. The van der Waals surface area contributed by atoms with Crippen molar-refractivity contribution in [1.29, 1.82) is 0 Å². The second-order valence-corrected chi connectivity index (χ2v) is 17.5. The summed E-state index contributed by atoms with van der Waals surface area (Å²) in [5, 5.41) is -2.35. The van der Waals surface area contributed by atoms with Crippen LogP contribution in [0.2, 0.25) is 0 Å². The van der Waals surface area contributed by atoms with Crippen LogP contribution in [0.15, 0.2) is 236 Å². The average Bonchev–Trinajstić information content (AvgIpc) is 1.71. The molecular formula is C57H39N5Si. The fraction of sp³-hybridized carbons (Fsp3) is 0. The van der Waals surface area contributed by atoms with Crippen molar-refractivity contribution in [3.63, 3.8) is 0 Å². The minimum atomic E-state index is -4.94. The highest BCUT2D eigenvalue weighted by Crippen LogP contribution is 2.37. The Bertz CT molecular complexity index is 5140. The third kappa shape index (κ3) is 5.87. The quantitative estimate of drug-likeness (QED) is 0.113. The van der Waals surface area contributed by atoms with Gasteiger partial charge in [-0.15, -0.1) is 0 Å². The van der Waals surface area contributed by atoms with E-state index in [9.17, 15) is 19.2 Å². The number of aromatic nitrogens is 5. The van der Waals surface area contributed by atoms with Crippen LogP contribution in [-0.2, 0) is 0 Å². The first-order valence-electron chi connectivity index (χ1n) is 33.1. The lowest BCUT2D eigenvalue weighted by molar-refractivity contribution is 0.952. The lowest BCUT2D eigenvalue weighted by Crippen LogP contribution is -2.74. The van der Waals surface area contributed by atoms with E-state index in [1.54, 1.807) is 60.7 Å². The first-order chi connectivity index (χ1) is 42.9. The Morgan fingerprint density at radius 1 is 0.365 bits per heavy atom. The molecule has 0 bridgehead atoms. The molecule has 0 aliphatic rings. The van der Waals surface area contributed by atoms with Gasteiger partial charge in [0, 0.05) is 32.7 Å². The van der Waals surface area contributed by atoms with Gasteiger partial charge in [-0.1, -0.05) is 200 Å². The van der Waals surface area contributed by atoms with Gasteiger partial charge >= 0.3 is 0 Å². The summed E-state index contributed by atoms with van der Waals surface area (Å²) >= 11 is 0. The van der Waals surface area contributed by atoms with Crippen molar-refractivity contribution >= 4 is 72.4 Å². The fourth-order valence-corrected chi connectivity index (χ4v) is 12.2. The SMILES string of the molecule is [2H]c1cc2c(c([2H])c1[2H])c1c([2H])c([2H])c([2H])c([2H])c1n2-c1c([2H])c([2H])c([2H])c([2H])c1-c1nc(-c2c([2H])c([2H])c([2H])c([Si](c3ccccc3)(c3ccccc3)c3c([2H])c([2H])c([2H])c([2H])c3[2H])c2[2H])nc(-n2c3c([2H])c([2H])c([2H])c([2H])c3c3c([2H])c([2H])c([2H])c([2H])c32)n1. The van der Waals surface area contributed by atoms with Crippen molar-refractivity contribution in [3.05, 3.63) is 236 Å². The molecule has 12 aromatic rings. The highest BCUT2D eigenvalue weighted by Gasteiger charge is 2.41. The van der Waals surface area contributed by atoms with Gasteiger partial charge in [-0.25, -0.2) is 4.98 Å². The number of hydrogen-bond acceptors (Lipinski definition) is 3. The van der Waals surface area contributed by atoms with Crippen molar-refractivity contribution in [2.24, 2.45) is 0 Å². The zero-order valence-corrected chi connectivity index (χ0v) is 33.1. The molecule has 3 heterocycles.